The molecule has 0 aromatic heterocycles. The molecule has 0 saturated carbocycles. The van der Waals surface area contributed by atoms with Gasteiger partial charge in [0.1, 0.15) is 6.04 Å². The van der Waals surface area contributed by atoms with Crippen molar-refractivity contribution in [2.45, 2.75) is 39.2 Å². The van der Waals surface area contributed by atoms with Crippen molar-refractivity contribution in [3.8, 4) is 0 Å². The standard InChI is InChI=1S/C15H20N2O3/c1-9(2)13(14(18)19)17-15(20)16-12-7-6-10-4-3-5-11(10)8-12/h6-9,13H,3-5H2,1-2H3,(H,18,19)(H2,16,17,20)/t13-/m0/s1. The van der Waals surface area contributed by atoms with Crippen molar-refractivity contribution >= 4 is 17.7 Å². The molecule has 0 radical (unpaired) electrons. The van der Waals surface area contributed by atoms with Crippen molar-refractivity contribution in [3.63, 3.8) is 0 Å². The lowest BCUT2D eigenvalue weighted by Crippen LogP contribution is -2.46. The van der Waals surface area contributed by atoms with Gasteiger partial charge >= 0.3 is 12.0 Å². The van der Waals surface area contributed by atoms with Crippen LogP contribution in [0.2, 0.25) is 0 Å². The van der Waals surface area contributed by atoms with E-state index in [1.54, 1.807) is 13.8 Å². The van der Waals surface area contributed by atoms with Crippen LogP contribution in [0.4, 0.5) is 10.5 Å². The van der Waals surface area contributed by atoms with Gasteiger partial charge in [-0.15, -0.1) is 0 Å². The van der Waals surface area contributed by atoms with E-state index in [9.17, 15) is 9.59 Å². The first-order valence-corrected chi connectivity index (χ1v) is 6.89. The number of amides is 2. The number of aryl methyl sites for hydroxylation is 2. The molecule has 0 spiro atoms. The SMILES string of the molecule is CC(C)[C@H](NC(=O)Nc1ccc2c(c1)CCC2)C(=O)O. The fourth-order valence-corrected chi connectivity index (χ4v) is 2.47. The summed E-state index contributed by atoms with van der Waals surface area (Å²) in [6.07, 6.45) is 3.28. The van der Waals surface area contributed by atoms with E-state index in [4.69, 9.17) is 5.11 Å². The average molecular weight is 276 g/mol. The molecule has 5 heteroatoms. The van der Waals surface area contributed by atoms with Crippen LogP contribution >= 0.6 is 0 Å². The third-order valence-electron chi connectivity index (χ3n) is 3.58. The predicted molar refractivity (Wildman–Crippen MR) is 76.9 cm³/mol. The Morgan fingerprint density at radius 2 is 1.90 bits per heavy atom. The zero-order valence-corrected chi connectivity index (χ0v) is 11.8. The van der Waals surface area contributed by atoms with Crippen LogP contribution in [0, 0.1) is 5.92 Å². The predicted octanol–water partition coefficient (Wildman–Crippen LogP) is 2.41. The van der Waals surface area contributed by atoms with Gasteiger partial charge in [-0.2, -0.15) is 0 Å². The smallest absolute Gasteiger partial charge is 0.326 e. The molecular weight excluding hydrogens is 256 g/mol. The summed E-state index contributed by atoms with van der Waals surface area (Å²) in [6.45, 7) is 3.52. The number of anilines is 1. The Bertz CT molecular complexity index is 526. The molecule has 2 amide bonds. The van der Waals surface area contributed by atoms with Crippen LogP contribution in [-0.2, 0) is 17.6 Å². The van der Waals surface area contributed by atoms with E-state index >= 15 is 0 Å². The number of aliphatic carboxylic acids is 1. The maximum Gasteiger partial charge on any atom is 0.326 e. The second-order valence-electron chi connectivity index (χ2n) is 5.50. The van der Waals surface area contributed by atoms with Crippen LogP contribution in [0.25, 0.3) is 0 Å². The van der Waals surface area contributed by atoms with Crippen molar-refractivity contribution in [2.75, 3.05) is 5.32 Å². The highest BCUT2D eigenvalue weighted by molar-refractivity contribution is 5.92. The number of benzene rings is 1. The summed E-state index contributed by atoms with van der Waals surface area (Å²) < 4.78 is 0. The highest BCUT2D eigenvalue weighted by Gasteiger charge is 2.23. The lowest BCUT2D eigenvalue weighted by molar-refractivity contribution is -0.140. The van der Waals surface area contributed by atoms with E-state index in [0.717, 1.165) is 19.3 Å². The van der Waals surface area contributed by atoms with Crippen LogP contribution in [0.15, 0.2) is 18.2 Å². The average Bonchev–Trinajstić information content (AvgIpc) is 2.82. The van der Waals surface area contributed by atoms with E-state index in [2.05, 4.69) is 10.6 Å². The maximum absolute atomic E-state index is 11.8. The van der Waals surface area contributed by atoms with E-state index in [1.807, 2.05) is 18.2 Å². The first-order valence-electron chi connectivity index (χ1n) is 6.89. The molecular formula is C15H20N2O3. The number of nitrogens with one attached hydrogen (secondary N) is 2. The highest BCUT2D eigenvalue weighted by atomic mass is 16.4. The molecule has 0 aliphatic heterocycles. The number of carbonyl (C=O) groups excluding carboxylic acids is 1. The Kier molecular flexibility index (Phi) is 4.27. The minimum absolute atomic E-state index is 0.168. The molecule has 0 saturated heterocycles. The van der Waals surface area contributed by atoms with Gasteiger partial charge in [0.2, 0.25) is 0 Å². The molecule has 20 heavy (non-hydrogen) atoms. The highest BCUT2D eigenvalue weighted by Crippen LogP contribution is 2.24. The lowest BCUT2D eigenvalue weighted by atomic mass is 10.1. The first kappa shape index (κ1) is 14.4. The van der Waals surface area contributed by atoms with E-state index in [0.29, 0.717) is 5.69 Å². The van der Waals surface area contributed by atoms with Crippen molar-refractivity contribution < 1.29 is 14.7 Å². The number of urea groups is 1. The molecule has 1 atom stereocenters. The van der Waals surface area contributed by atoms with E-state index in [-0.39, 0.29) is 5.92 Å². The third kappa shape index (κ3) is 3.29. The topological polar surface area (TPSA) is 78.4 Å². The molecule has 0 fully saturated rings. The molecule has 1 aliphatic rings. The van der Waals surface area contributed by atoms with Gasteiger partial charge < -0.3 is 15.7 Å². The zero-order valence-electron chi connectivity index (χ0n) is 11.8. The third-order valence-corrected chi connectivity index (χ3v) is 3.58. The number of rotatable bonds is 4. The van der Waals surface area contributed by atoms with Gasteiger partial charge in [-0.3, -0.25) is 0 Å². The summed E-state index contributed by atoms with van der Waals surface area (Å²) in [5.74, 6) is -1.19. The van der Waals surface area contributed by atoms with Crippen molar-refractivity contribution in [2.24, 2.45) is 5.92 Å². The van der Waals surface area contributed by atoms with E-state index < -0.39 is 18.0 Å². The van der Waals surface area contributed by atoms with Gasteiger partial charge in [0.25, 0.3) is 0 Å². The molecule has 2 rings (SSSR count). The number of hydrogen-bond donors (Lipinski definition) is 3. The van der Waals surface area contributed by atoms with Gasteiger partial charge in [0.05, 0.1) is 0 Å². The van der Waals surface area contributed by atoms with Crippen molar-refractivity contribution in [3.05, 3.63) is 29.3 Å². The lowest BCUT2D eigenvalue weighted by Gasteiger charge is -2.18. The summed E-state index contributed by atoms with van der Waals surface area (Å²) in [5.41, 5.74) is 3.30. The molecule has 1 aromatic carbocycles. The Hall–Kier alpha value is -2.04. The summed E-state index contributed by atoms with van der Waals surface area (Å²) in [6, 6.07) is 4.48. The fraction of sp³-hybridized carbons (Fsp3) is 0.467. The number of carbonyl (C=O) groups is 2. The van der Waals surface area contributed by atoms with Gasteiger partial charge in [0, 0.05) is 5.69 Å². The van der Waals surface area contributed by atoms with Crippen LogP contribution < -0.4 is 10.6 Å². The largest absolute Gasteiger partial charge is 0.480 e. The van der Waals surface area contributed by atoms with Crippen molar-refractivity contribution in [1.29, 1.82) is 0 Å². The summed E-state index contributed by atoms with van der Waals surface area (Å²) >= 11 is 0. The molecule has 1 aromatic rings. The van der Waals surface area contributed by atoms with E-state index in [1.165, 1.54) is 11.1 Å². The Morgan fingerprint density at radius 1 is 1.20 bits per heavy atom. The molecule has 3 N–H and O–H groups in total. The Labute approximate surface area is 118 Å². The van der Waals surface area contributed by atoms with Crippen LogP contribution in [0.1, 0.15) is 31.4 Å². The number of carboxylic acids is 1. The van der Waals surface area contributed by atoms with Crippen molar-refractivity contribution in [1.82, 2.24) is 5.32 Å². The molecule has 108 valence electrons. The number of hydrogen-bond acceptors (Lipinski definition) is 2. The van der Waals surface area contributed by atoms with Crippen LogP contribution in [-0.4, -0.2) is 23.1 Å². The Morgan fingerprint density at radius 3 is 2.55 bits per heavy atom. The molecule has 0 heterocycles. The minimum Gasteiger partial charge on any atom is -0.480 e. The summed E-state index contributed by atoms with van der Waals surface area (Å²) in [7, 11) is 0. The summed E-state index contributed by atoms with van der Waals surface area (Å²) in [4.78, 5) is 22.9. The first-order chi connectivity index (χ1) is 9.47. The summed E-state index contributed by atoms with van der Waals surface area (Å²) in [5, 5.41) is 14.2. The molecule has 5 nitrogen and oxygen atoms in total. The van der Waals surface area contributed by atoms with Crippen LogP contribution in [0.3, 0.4) is 0 Å². The quantitative estimate of drug-likeness (QED) is 0.790. The maximum atomic E-state index is 11.8. The Balaban J connectivity index is 1.99. The molecule has 0 bridgehead atoms. The molecule has 1 aliphatic carbocycles. The second kappa shape index (κ2) is 5.94. The van der Waals surface area contributed by atoms with Gasteiger partial charge in [-0.25, -0.2) is 9.59 Å². The van der Waals surface area contributed by atoms with Gasteiger partial charge in [-0.1, -0.05) is 19.9 Å². The zero-order chi connectivity index (χ0) is 14.7. The van der Waals surface area contributed by atoms with Gasteiger partial charge in [-0.05, 0) is 48.4 Å². The normalized spacial score (nSPS) is 14.8. The second-order valence-corrected chi connectivity index (χ2v) is 5.50. The number of carboxylic acid groups (broad SMARTS) is 1. The number of fused-ring (bicyclic) bond motifs is 1. The fourth-order valence-electron chi connectivity index (χ4n) is 2.47. The minimum atomic E-state index is -1.02. The molecule has 0 unspecified atom stereocenters. The monoisotopic (exact) mass is 276 g/mol. The van der Waals surface area contributed by atoms with Crippen LogP contribution in [0.5, 0.6) is 0 Å². The van der Waals surface area contributed by atoms with Gasteiger partial charge in [0.15, 0.2) is 0 Å².